The Morgan fingerprint density at radius 2 is 2.08 bits per heavy atom. The van der Waals surface area contributed by atoms with E-state index in [9.17, 15) is 24.3 Å². The van der Waals surface area contributed by atoms with Crippen LogP contribution in [0.4, 0.5) is 5.69 Å². The SMILES string of the molecule is CC(=O)O[C@@H](C(=O)O)[C@H]1OCCN(c2ccc3c(c2)C(=O)N(C)C3)C1=O. The Morgan fingerprint density at radius 3 is 2.73 bits per heavy atom. The summed E-state index contributed by atoms with van der Waals surface area (Å²) >= 11 is 0. The van der Waals surface area contributed by atoms with E-state index in [1.807, 2.05) is 0 Å². The van der Waals surface area contributed by atoms with E-state index in [0.29, 0.717) is 17.8 Å². The second-order valence-corrected chi connectivity index (χ2v) is 6.15. The van der Waals surface area contributed by atoms with Crippen molar-refractivity contribution < 1.29 is 33.8 Å². The standard InChI is InChI=1S/C17H18N2O7/c1-9(20)26-14(17(23)24)13-16(22)19(5-6-25-13)11-4-3-10-8-18(2)15(21)12(10)7-11/h3-4,7,13-14H,5-6,8H2,1-2H3,(H,23,24)/t13-,14-/m1/s1. The highest BCUT2D eigenvalue weighted by Crippen LogP contribution is 2.28. The van der Waals surface area contributed by atoms with Gasteiger partial charge in [0.15, 0.2) is 6.10 Å². The first-order valence-electron chi connectivity index (χ1n) is 8.01. The van der Waals surface area contributed by atoms with E-state index in [-0.39, 0.29) is 19.1 Å². The Kier molecular flexibility index (Phi) is 4.64. The summed E-state index contributed by atoms with van der Waals surface area (Å²) in [5, 5.41) is 9.26. The lowest BCUT2D eigenvalue weighted by Gasteiger charge is -2.34. The van der Waals surface area contributed by atoms with E-state index >= 15 is 0 Å². The third-order valence-corrected chi connectivity index (χ3v) is 4.32. The molecule has 0 bridgehead atoms. The molecular formula is C17H18N2O7. The van der Waals surface area contributed by atoms with Crippen LogP contribution in [0.1, 0.15) is 22.8 Å². The highest BCUT2D eigenvalue weighted by atomic mass is 16.6. The number of rotatable bonds is 4. The Labute approximate surface area is 149 Å². The molecule has 1 N–H and O–H groups in total. The number of ether oxygens (including phenoxy) is 2. The number of hydrogen-bond acceptors (Lipinski definition) is 6. The molecule has 26 heavy (non-hydrogen) atoms. The lowest BCUT2D eigenvalue weighted by molar-refractivity contribution is -0.177. The number of aliphatic carboxylic acids is 1. The van der Waals surface area contributed by atoms with Gasteiger partial charge in [-0.25, -0.2) is 4.79 Å². The minimum atomic E-state index is -1.73. The Bertz CT molecular complexity index is 791. The van der Waals surface area contributed by atoms with E-state index in [4.69, 9.17) is 9.47 Å². The van der Waals surface area contributed by atoms with Crippen LogP contribution >= 0.6 is 0 Å². The third-order valence-electron chi connectivity index (χ3n) is 4.32. The van der Waals surface area contributed by atoms with Crippen molar-refractivity contribution in [2.24, 2.45) is 0 Å². The number of carbonyl (C=O) groups excluding carboxylic acids is 3. The smallest absolute Gasteiger partial charge is 0.348 e. The number of esters is 1. The predicted molar refractivity (Wildman–Crippen MR) is 87.5 cm³/mol. The van der Waals surface area contributed by atoms with E-state index in [1.165, 1.54) is 4.90 Å². The molecule has 0 aliphatic carbocycles. The fourth-order valence-electron chi connectivity index (χ4n) is 3.10. The van der Waals surface area contributed by atoms with Crippen molar-refractivity contribution in [3.8, 4) is 0 Å². The average Bonchev–Trinajstić information content (AvgIpc) is 2.87. The maximum absolute atomic E-state index is 12.8. The topological polar surface area (TPSA) is 113 Å². The zero-order chi connectivity index (χ0) is 19.0. The molecule has 2 amide bonds. The maximum Gasteiger partial charge on any atom is 0.348 e. The summed E-state index contributed by atoms with van der Waals surface area (Å²) in [5.41, 5.74) is 1.84. The number of nitrogens with zero attached hydrogens (tertiary/aromatic N) is 2. The number of anilines is 1. The highest BCUT2D eigenvalue weighted by Gasteiger charge is 2.42. The molecule has 0 saturated carbocycles. The van der Waals surface area contributed by atoms with E-state index in [0.717, 1.165) is 12.5 Å². The molecule has 0 spiro atoms. The van der Waals surface area contributed by atoms with Gasteiger partial charge in [-0.3, -0.25) is 14.4 Å². The monoisotopic (exact) mass is 362 g/mol. The number of morpholine rings is 1. The maximum atomic E-state index is 12.8. The number of carboxylic acids is 1. The molecule has 0 aromatic heterocycles. The van der Waals surface area contributed by atoms with Gasteiger partial charge < -0.3 is 24.4 Å². The van der Waals surface area contributed by atoms with Crippen LogP contribution in [0.25, 0.3) is 0 Å². The van der Waals surface area contributed by atoms with Crippen LogP contribution in [0.5, 0.6) is 0 Å². The van der Waals surface area contributed by atoms with Gasteiger partial charge in [-0.2, -0.15) is 0 Å². The fraction of sp³-hybridized carbons (Fsp3) is 0.412. The zero-order valence-electron chi connectivity index (χ0n) is 14.3. The quantitative estimate of drug-likeness (QED) is 0.751. The van der Waals surface area contributed by atoms with Crippen LogP contribution in [-0.4, -0.2) is 66.2 Å². The molecule has 2 aliphatic heterocycles. The Morgan fingerprint density at radius 1 is 1.35 bits per heavy atom. The van der Waals surface area contributed by atoms with E-state index in [1.54, 1.807) is 30.1 Å². The number of benzene rings is 1. The summed E-state index contributed by atoms with van der Waals surface area (Å²) < 4.78 is 10.0. The number of carboxylic acid groups (broad SMARTS) is 1. The minimum absolute atomic E-state index is 0.0758. The second kappa shape index (κ2) is 6.75. The summed E-state index contributed by atoms with van der Waals surface area (Å²) in [6, 6.07) is 5.08. The molecule has 138 valence electrons. The molecule has 1 fully saturated rings. The van der Waals surface area contributed by atoms with Gasteiger partial charge in [-0.05, 0) is 17.7 Å². The molecule has 2 atom stereocenters. The minimum Gasteiger partial charge on any atom is -0.478 e. The van der Waals surface area contributed by atoms with Gasteiger partial charge in [0.05, 0.1) is 6.61 Å². The molecule has 1 saturated heterocycles. The first-order chi connectivity index (χ1) is 12.3. The van der Waals surface area contributed by atoms with Crippen molar-refractivity contribution in [1.82, 2.24) is 4.90 Å². The van der Waals surface area contributed by atoms with Crippen LogP contribution in [0.2, 0.25) is 0 Å². The molecule has 1 aromatic rings. The highest BCUT2D eigenvalue weighted by molar-refractivity contribution is 6.03. The van der Waals surface area contributed by atoms with Gasteiger partial charge in [-0.1, -0.05) is 6.07 Å². The van der Waals surface area contributed by atoms with E-state index < -0.39 is 30.1 Å². The molecule has 9 nitrogen and oxygen atoms in total. The van der Waals surface area contributed by atoms with Crippen molar-refractivity contribution in [1.29, 1.82) is 0 Å². The van der Waals surface area contributed by atoms with Crippen molar-refractivity contribution >= 4 is 29.4 Å². The van der Waals surface area contributed by atoms with Gasteiger partial charge in [0, 0.05) is 38.3 Å². The van der Waals surface area contributed by atoms with Gasteiger partial charge in [-0.15, -0.1) is 0 Å². The first-order valence-corrected chi connectivity index (χ1v) is 8.01. The molecule has 3 rings (SSSR count). The normalized spacial score (nSPS) is 20.8. The largest absolute Gasteiger partial charge is 0.478 e. The number of fused-ring (bicyclic) bond motifs is 1. The Balaban J connectivity index is 1.88. The van der Waals surface area contributed by atoms with Crippen LogP contribution in [0.15, 0.2) is 18.2 Å². The van der Waals surface area contributed by atoms with Gasteiger partial charge in [0.1, 0.15) is 0 Å². The summed E-state index contributed by atoms with van der Waals surface area (Å²) in [7, 11) is 1.69. The van der Waals surface area contributed by atoms with Crippen molar-refractivity contribution in [2.75, 3.05) is 25.1 Å². The molecule has 2 aliphatic rings. The Hall–Kier alpha value is -2.94. The van der Waals surface area contributed by atoms with E-state index in [2.05, 4.69) is 0 Å². The summed E-state index contributed by atoms with van der Waals surface area (Å²) in [4.78, 5) is 50.3. The lowest BCUT2D eigenvalue weighted by Crippen LogP contribution is -2.55. The zero-order valence-corrected chi connectivity index (χ0v) is 14.3. The number of amides is 2. The van der Waals surface area contributed by atoms with Crippen molar-refractivity contribution in [3.63, 3.8) is 0 Å². The number of carbonyl (C=O) groups is 4. The van der Waals surface area contributed by atoms with Crippen molar-refractivity contribution in [3.05, 3.63) is 29.3 Å². The predicted octanol–water partition coefficient (Wildman–Crippen LogP) is 0.0203. The molecule has 2 heterocycles. The van der Waals surface area contributed by atoms with Crippen LogP contribution in [-0.2, 0) is 30.4 Å². The fourth-order valence-corrected chi connectivity index (χ4v) is 3.10. The molecule has 9 heteroatoms. The third kappa shape index (κ3) is 3.13. The summed E-state index contributed by atoms with van der Waals surface area (Å²) in [5.74, 6) is -3.06. The van der Waals surface area contributed by atoms with Gasteiger partial charge in [0.2, 0.25) is 6.10 Å². The van der Waals surface area contributed by atoms with Gasteiger partial charge in [0.25, 0.3) is 11.8 Å². The van der Waals surface area contributed by atoms with Crippen LogP contribution < -0.4 is 4.90 Å². The van der Waals surface area contributed by atoms with Crippen molar-refractivity contribution in [2.45, 2.75) is 25.7 Å². The molecule has 1 aromatic carbocycles. The second-order valence-electron chi connectivity index (χ2n) is 6.15. The van der Waals surface area contributed by atoms with Crippen LogP contribution in [0.3, 0.4) is 0 Å². The van der Waals surface area contributed by atoms with Crippen LogP contribution in [0, 0.1) is 0 Å². The molecular weight excluding hydrogens is 344 g/mol. The average molecular weight is 362 g/mol. The molecule has 0 radical (unpaired) electrons. The van der Waals surface area contributed by atoms with Gasteiger partial charge >= 0.3 is 11.9 Å². The summed E-state index contributed by atoms with van der Waals surface area (Å²) in [6.07, 6.45) is -3.18. The summed E-state index contributed by atoms with van der Waals surface area (Å²) in [6.45, 7) is 1.84. The number of hydrogen-bond donors (Lipinski definition) is 1. The first kappa shape index (κ1) is 17.9. The lowest BCUT2D eigenvalue weighted by atomic mass is 10.1. The molecule has 0 unspecified atom stereocenters.